The van der Waals surface area contributed by atoms with E-state index in [9.17, 15) is 13.2 Å². The van der Waals surface area contributed by atoms with Gasteiger partial charge < -0.3 is 15.5 Å². The monoisotopic (exact) mass is 263 g/mol. The highest BCUT2D eigenvalue weighted by Crippen LogP contribution is 2.11. The molecule has 1 atom stereocenters. The molecule has 0 bridgehead atoms. The smallest absolute Gasteiger partial charge is 0.316 e. The molecule has 6 nitrogen and oxygen atoms in total. The van der Waals surface area contributed by atoms with E-state index in [1.807, 2.05) is 0 Å². The molecule has 0 aromatic rings. The van der Waals surface area contributed by atoms with Crippen LogP contribution in [-0.4, -0.2) is 64.1 Å². The van der Waals surface area contributed by atoms with Gasteiger partial charge >= 0.3 is 6.03 Å². The molecule has 0 spiro atoms. The average Bonchev–Trinajstić information content (AvgIpc) is 2.22. The second kappa shape index (κ2) is 6.20. The summed E-state index contributed by atoms with van der Waals surface area (Å²) in [4.78, 5) is 12.7. The molecule has 1 aliphatic rings. The van der Waals surface area contributed by atoms with E-state index in [4.69, 9.17) is 0 Å². The molecule has 100 valence electrons. The molecule has 2 N–H and O–H groups in total. The number of sulfone groups is 1. The van der Waals surface area contributed by atoms with Crippen molar-refractivity contribution < 1.29 is 13.2 Å². The van der Waals surface area contributed by atoms with Crippen molar-refractivity contribution in [2.75, 3.05) is 38.7 Å². The maximum atomic E-state index is 11.4. The van der Waals surface area contributed by atoms with Crippen molar-refractivity contribution in [1.29, 1.82) is 0 Å². The summed E-state index contributed by atoms with van der Waals surface area (Å²) >= 11 is 0. The molecule has 1 rings (SSSR count). The summed E-state index contributed by atoms with van der Waals surface area (Å²) in [5, 5.41) is 5.88. The van der Waals surface area contributed by atoms with Crippen molar-refractivity contribution in [3.8, 4) is 0 Å². The molecule has 17 heavy (non-hydrogen) atoms. The van der Waals surface area contributed by atoms with Gasteiger partial charge in [-0.25, -0.2) is 13.2 Å². The Labute approximate surface area is 103 Å². The molecular formula is C10H21N3O3S. The number of hydrogen-bond acceptors (Lipinski definition) is 4. The van der Waals surface area contributed by atoms with Gasteiger partial charge in [-0.2, -0.15) is 0 Å². The Balaban J connectivity index is 2.17. The van der Waals surface area contributed by atoms with Crippen molar-refractivity contribution in [1.82, 2.24) is 15.5 Å². The first-order chi connectivity index (χ1) is 7.91. The average molecular weight is 263 g/mol. The van der Waals surface area contributed by atoms with Gasteiger partial charge in [-0.1, -0.05) is 0 Å². The fourth-order valence-corrected chi connectivity index (χ4v) is 3.46. The van der Waals surface area contributed by atoms with Gasteiger partial charge in [0.05, 0.1) is 11.5 Å². The number of hydrogen-bond donors (Lipinski definition) is 2. The quantitative estimate of drug-likeness (QED) is 0.666. The van der Waals surface area contributed by atoms with Crippen molar-refractivity contribution in [3.05, 3.63) is 0 Å². The number of rotatable bonds is 4. The standard InChI is InChI=1S/C10H21N3O3S/c1-13(2)10(14)12-6-5-11-9-4-3-7-17(15,16)8-9/h9,11H,3-8H2,1-2H3,(H,12,14). The molecule has 0 aromatic heterocycles. The van der Waals surface area contributed by atoms with E-state index in [0.29, 0.717) is 18.8 Å². The van der Waals surface area contributed by atoms with Crippen molar-refractivity contribution >= 4 is 15.9 Å². The summed E-state index contributed by atoms with van der Waals surface area (Å²) in [6.07, 6.45) is 1.62. The second-order valence-electron chi connectivity index (χ2n) is 4.53. The SMILES string of the molecule is CN(C)C(=O)NCCNC1CCCS(=O)(=O)C1. The normalized spacial score (nSPS) is 23.1. The Morgan fingerprint density at radius 1 is 1.35 bits per heavy atom. The zero-order valence-corrected chi connectivity index (χ0v) is 11.2. The van der Waals surface area contributed by atoms with E-state index in [2.05, 4.69) is 10.6 Å². The number of amides is 2. The lowest BCUT2D eigenvalue weighted by atomic mass is 10.2. The summed E-state index contributed by atoms with van der Waals surface area (Å²) in [6, 6.07) is -0.104. The van der Waals surface area contributed by atoms with E-state index in [0.717, 1.165) is 12.8 Å². The van der Waals surface area contributed by atoms with Crippen LogP contribution in [0.2, 0.25) is 0 Å². The van der Waals surface area contributed by atoms with Crippen LogP contribution in [0.15, 0.2) is 0 Å². The zero-order valence-electron chi connectivity index (χ0n) is 10.4. The van der Waals surface area contributed by atoms with E-state index >= 15 is 0 Å². The minimum Gasteiger partial charge on any atom is -0.337 e. The third-order valence-corrected chi connectivity index (χ3v) is 4.52. The van der Waals surface area contributed by atoms with Crippen LogP contribution >= 0.6 is 0 Å². The Morgan fingerprint density at radius 2 is 2.06 bits per heavy atom. The first-order valence-electron chi connectivity index (χ1n) is 5.80. The van der Waals surface area contributed by atoms with Gasteiger partial charge in [0, 0.05) is 33.2 Å². The highest BCUT2D eigenvalue weighted by atomic mass is 32.2. The zero-order chi connectivity index (χ0) is 12.9. The minimum absolute atomic E-state index is 0.0324. The molecular weight excluding hydrogens is 242 g/mol. The number of nitrogens with one attached hydrogen (secondary N) is 2. The van der Waals surface area contributed by atoms with Crippen molar-refractivity contribution in [2.24, 2.45) is 0 Å². The van der Waals surface area contributed by atoms with E-state index < -0.39 is 9.84 Å². The maximum absolute atomic E-state index is 11.4. The topological polar surface area (TPSA) is 78.5 Å². The Kier molecular flexibility index (Phi) is 5.20. The third kappa shape index (κ3) is 5.36. The molecule has 2 amide bonds. The van der Waals surface area contributed by atoms with Gasteiger partial charge in [-0.3, -0.25) is 0 Å². The Morgan fingerprint density at radius 3 is 2.65 bits per heavy atom. The molecule has 0 saturated carbocycles. The van der Waals surface area contributed by atoms with Gasteiger partial charge in [-0.15, -0.1) is 0 Å². The van der Waals surface area contributed by atoms with Gasteiger partial charge in [-0.05, 0) is 12.8 Å². The fourth-order valence-electron chi connectivity index (χ4n) is 1.79. The molecule has 1 heterocycles. The molecule has 0 aromatic carbocycles. The molecule has 0 radical (unpaired) electrons. The molecule has 7 heteroatoms. The van der Waals surface area contributed by atoms with Crippen LogP contribution in [0.25, 0.3) is 0 Å². The summed E-state index contributed by atoms with van der Waals surface area (Å²) in [6.45, 7) is 1.10. The van der Waals surface area contributed by atoms with Gasteiger partial charge in [0.1, 0.15) is 0 Å². The summed E-state index contributed by atoms with van der Waals surface area (Å²) in [5.41, 5.74) is 0. The highest BCUT2D eigenvalue weighted by molar-refractivity contribution is 7.91. The Bertz CT molecular complexity index is 354. The van der Waals surface area contributed by atoms with Crippen LogP contribution in [0.1, 0.15) is 12.8 Å². The number of carbonyl (C=O) groups excluding carboxylic acids is 1. The lowest BCUT2D eigenvalue weighted by Crippen LogP contribution is -2.44. The van der Waals surface area contributed by atoms with Crippen molar-refractivity contribution in [3.63, 3.8) is 0 Å². The minimum atomic E-state index is -2.86. The second-order valence-corrected chi connectivity index (χ2v) is 6.76. The van der Waals surface area contributed by atoms with Crippen LogP contribution in [0.5, 0.6) is 0 Å². The van der Waals surface area contributed by atoms with Crippen LogP contribution in [-0.2, 0) is 9.84 Å². The molecule has 1 saturated heterocycles. The summed E-state index contributed by atoms with van der Waals surface area (Å²) in [7, 11) is 0.497. The molecule has 1 unspecified atom stereocenters. The van der Waals surface area contributed by atoms with Gasteiger partial charge in [0.2, 0.25) is 0 Å². The highest BCUT2D eigenvalue weighted by Gasteiger charge is 2.23. The lowest BCUT2D eigenvalue weighted by molar-refractivity contribution is 0.217. The van der Waals surface area contributed by atoms with E-state index in [1.165, 1.54) is 4.90 Å². The molecule has 1 aliphatic heterocycles. The fraction of sp³-hybridized carbons (Fsp3) is 0.900. The Hall–Kier alpha value is -0.820. The van der Waals surface area contributed by atoms with E-state index in [-0.39, 0.29) is 17.8 Å². The largest absolute Gasteiger partial charge is 0.337 e. The molecule has 1 fully saturated rings. The van der Waals surface area contributed by atoms with Crippen LogP contribution in [0.3, 0.4) is 0 Å². The predicted molar refractivity (Wildman–Crippen MR) is 66.8 cm³/mol. The maximum Gasteiger partial charge on any atom is 0.316 e. The number of urea groups is 1. The summed E-state index contributed by atoms with van der Waals surface area (Å²) < 4.78 is 22.7. The van der Waals surface area contributed by atoms with Crippen LogP contribution < -0.4 is 10.6 Å². The van der Waals surface area contributed by atoms with Crippen LogP contribution in [0.4, 0.5) is 4.79 Å². The van der Waals surface area contributed by atoms with Crippen molar-refractivity contribution in [2.45, 2.75) is 18.9 Å². The van der Waals surface area contributed by atoms with E-state index in [1.54, 1.807) is 14.1 Å². The predicted octanol–water partition coefficient (Wildman–Crippen LogP) is -0.576. The summed E-state index contributed by atoms with van der Waals surface area (Å²) in [5.74, 6) is 0.525. The van der Waals surface area contributed by atoms with Gasteiger partial charge in [0.15, 0.2) is 9.84 Å². The lowest BCUT2D eigenvalue weighted by Gasteiger charge is -2.23. The third-order valence-electron chi connectivity index (χ3n) is 2.70. The first-order valence-corrected chi connectivity index (χ1v) is 7.62. The number of carbonyl (C=O) groups is 1. The van der Waals surface area contributed by atoms with Crippen LogP contribution in [0, 0.1) is 0 Å². The number of nitrogens with zero attached hydrogens (tertiary/aromatic N) is 1. The molecule has 0 aliphatic carbocycles. The first kappa shape index (κ1) is 14.2. The van der Waals surface area contributed by atoms with Gasteiger partial charge in [0.25, 0.3) is 0 Å².